The number of amides is 2. The molecule has 0 aliphatic carbocycles. The highest BCUT2D eigenvalue weighted by molar-refractivity contribution is 5.75. The second-order valence-corrected chi connectivity index (χ2v) is 15.0. The number of aliphatic hydroxyl groups is 1. The van der Waals surface area contributed by atoms with Gasteiger partial charge < -0.3 is 35.1 Å². The highest BCUT2D eigenvalue weighted by atomic mass is 16.7. The molecular formula is C46H49N5O5. The van der Waals surface area contributed by atoms with Crippen LogP contribution in [0.5, 0.6) is 0 Å². The summed E-state index contributed by atoms with van der Waals surface area (Å²) in [5.41, 5.74) is 8.72. The summed E-state index contributed by atoms with van der Waals surface area (Å²) in [6, 6.07) is 42.2. The van der Waals surface area contributed by atoms with Crippen LogP contribution in [0.2, 0.25) is 0 Å². The third-order valence-corrected chi connectivity index (χ3v) is 11.3. The number of nitrogens with zero attached hydrogens (tertiary/aromatic N) is 2. The summed E-state index contributed by atoms with van der Waals surface area (Å²) < 4.78 is 15.6. The second kappa shape index (κ2) is 17.1. The molecule has 2 amide bonds. The van der Waals surface area contributed by atoms with Gasteiger partial charge in [-0.05, 0) is 70.5 Å². The van der Waals surface area contributed by atoms with E-state index in [0.29, 0.717) is 13.1 Å². The minimum atomic E-state index is -0.598. The summed E-state index contributed by atoms with van der Waals surface area (Å²) >= 11 is 0. The molecule has 2 aliphatic rings. The minimum absolute atomic E-state index is 0.0120. The van der Waals surface area contributed by atoms with Crippen LogP contribution in [0.15, 0.2) is 132 Å². The number of urea groups is 1. The van der Waals surface area contributed by atoms with Gasteiger partial charge in [-0.1, -0.05) is 110 Å². The van der Waals surface area contributed by atoms with E-state index in [0.717, 1.165) is 82.5 Å². The lowest BCUT2D eigenvalue weighted by Crippen LogP contribution is -2.47. The van der Waals surface area contributed by atoms with E-state index in [-0.39, 0.29) is 42.5 Å². The van der Waals surface area contributed by atoms with E-state index < -0.39 is 6.29 Å². The minimum Gasteiger partial charge on any atom is -0.392 e. The Balaban J connectivity index is 0.967. The van der Waals surface area contributed by atoms with Crippen molar-refractivity contribution in [2.45, 2.75) is 64.0 Å². The van der Waals surface area contributed by atoms with E-state index in [1.54, 1.807) is 0 Å². The molecule has 10 heteroatoms. The monoisotopic (exact) mass is 751 g/mol. The van der Waals surface area contributed by atoms with Crippen molar-refractivity contribution in [3.63, 3.8) is 0 Å². The maximum Gasteiger partial charge on any atom is 0.326 e. The zero-order valence-corrected chi connectivity index (χ0v) is 31.6. The van der Waals surface area contributed by atoms with Crippen molar-refractivity contribution in [2.24, 2.45) is 5.92 Å². The van der Waals surface area contributed by atoms with Crippen LogP contribution in [-0.4, -0.2) is 51.3 Å². The Kier molecular flexibility index (Phi) is 11.4. The zero-order chi connectivity index (χ0) is 38.4. The first-order valence-corrected chi connectivity index (χ1v) is 19.6. The molecule has 0 bridgehead atoms. The predicted octanol–water partition coefficient (Wildman–Crippen LogP) is 7.62. The van der Waals surface area contributed by atoms with Crippen molar-refractivity contribution in [1.29, 1.82) is 0 Å². The molecule has 2 fully saturated rings. The number of carbonyl (C=O) groups is 1. The number of para-hydroxylation sites is 2. The summed E-state index contributed by atoms with van der Waals surface area (Å²) in [6.45, 7) is 5.51. The summed E-state index contributed by atoms with van der Waals surface area (Å²) in [6.07, 6.45) is 0.821. The number of fused-ring (bicyclic) bond motifs is 1. The van der Waals surface area contributed by atoms with Crippen LogP contribution in [0.25, 0.3) is 22.2 Å². The molecule has 0 unspecified atom stereocenters. The number of carbonyl (C=O) groups excluding carboxylic acids is 1. The first-order valence-electron chi connectivity index (χ1n) is 19.6. The van der Waals surface area contributed by atoms with Gasteiger partial charge in [0.25, 0.3) is 0 Å². The molecule has 3 heterocycles. The van der Waals surface area contributed by atoms with E-state index in [2.05, 4.69) is 69.9 Å². The summed E-state index contributed by atoms with van der Waals surface area (Å²) in [7, 11) is 0. The largest absolute Gasteiger partial charge is 0.392 e. The average molecular weight is 752 g/mol. The van der Waals surface area contributed by atoms with Gasteiger partial charge in [0.1, 0.15) is 0 Å². The number of hydrogen-bond donors (Lipinski definition) is 4. The average Bonchev–Trinajstić information content (AvgIpc) is 3.59. The number of aliphatic hydroxyl groups excluding tert-OH is 1. The van der Waals surface area contributed by atoms with E-state index in [1.807, 2.05) is 89.5 Å². The Morgan fingerprint density at radius 3 is 2.20 bits per heavy atom. The molecule has 56 heavy (non-hydrogen) atoms. The maximum absolute atomic E-state index is 12.9. The second-order valence-electron chi connectivity index (χ2n) is 15.0. The number of H-pyrrole nitrogens is 1. The van der Waals surface area contributed by atoms with Gasteiger partial charge in [-0.2, -0.15) is 0 Å². The standard InChI is InChI=1S/C46H49N5O5/c1-31-42(29-50-23-21-39(22-24-50)51-41-16-6-5-15-40(41)49-46(51)54)55-44(56-43(31)35-19-17-33(30-52)18-20-35)38-14-8-13-37(26-38)36-12-7-11-34(25-36)28-48-45(53)47-27-32-9-3-2-4-10-32/h2-20,25-26,31,39,42-44,52H,21-24,27-30H2,1H3,(H,49,54)(H2,47,48,53)/t31-,42+,43+,44+/m1/s1. The van der Waals surface area contributed by atoms with Crippen LogP contribution in [0.1, 0.15) is 66.0 Å². The van der Waals surface area contributed by atoms with E-state index in [9.17, 15) is 14.7 Å². The lowest BCUT2D eigenvalue weighted by Gasteiger charge is -2.44. The summed E-state index contributed by atoms with van der Waals surface area (Å²) in [4.78, 5) is 31.0. The molecule has 5 aromatic carbocycles. The fourth-order valence-electron chi connectivity index (χ4n) is 8.13. The fourth-order valence-corrected chi connectivity index (χ4v) is 8.13. The van der Waals surface area contributed by atoms with Gasteiger partial charge in [0.05, 0.1) is 29.8 Å². The highest BCUT2D eigenvalue weighted by Gasteiger charge is 2.40. The van der Waals surface area contributed by atoms with Gasteiger partial charge >= 0.3 is 11.7 Å². The quantitative estimate of drug-likeness (QED) is 0.108. The van der Waals surface area contributed by atoms with Gasteiger partial charge in [0.2, 0.25) is 0 Å². The number of piperidine rings is 1. The molecule has 4 atom stereocenters. The Hall–Kier alpha value is -5.52. The van der Waals surface area contributed by atoms with Gasteiger partial charge in [-0.3, -0.25) is 4.57 Å². The number of aromatic amines is 1. The highest BCUT2D eigenvalue weighted by Crippen LogP contribution is 2.43. The first kappa shape index (κ1) is 37.4. The van der Waals surface area contributed by atoms with Crippen LogP contribution in [-0.2, 0) is 29.2 Å². The van der Waals surface area contributed by atoms with E-state index >= 15 is 0 Å². The number of ether oxygens (including phenoxy) is 2. The van der Waals surface area contributed by atoms with Crippen LogP contribution in [0.4, 0.5) is 4.79 Å². The van der Waals surface area contributed by atoms with E-state index in [4.69, 9.17) is 9.47 Å². The third-order valence-electron chi connectivity index (χ3n) is 11.3. The van der Waals surface area contributed by atoms with Crippen LogP contribution < -0.4 is 16.3 Å². The van der Waals surface area contributed by atoms with Gasteiger partial charge in [-0.25, -0.2) is 9.59 Å². The Bertz CT molecular complexity index is 2300. The van der Waals surface area contributed by atoms with Gasteiger partial charge in [0.15, 0.2) is 6.29 Å². The molecule has 2 aliphatic heterocycles. The number of aromatic nitrogens is 2. The van der Waals surface area contributed by atoms with Crippen molar-refractivity contribution in [2.75, 3.05) is 19.6 Å². The molecular weight excluding hydrogens is 703 g/mol. The molecule has 0 radical (unpaired) electrons. The van der Waals surface area contributed by atoms with Crippen LogP contribution >= 0.6 is 0 Å². The fraction of sp³-hybridized carbons (Fsp3) is 0.304. The van der Waals surface area contributed by atoms with Crippen molar-refractivity contribution in [3.8, 4) is 11.1 Å². The Morgan fingerprint density at radius 2 is 1.43 bits per heavy atom. The maximum atomic E-state index is 12.9. The Morgan fingerprint density at radius 1 is 0.750 bits per heavy atom. The first-order chi connectivity index (χ1) is 27.4. The molecule has 0 saturated carbocycles. The number of nitrogens with one attached hydrogen (secondary N) is 3. The third kappa shape index (κ3) is 8.49. The van der Waals surface area contributed by atoms with E-state index in [1.165, 1.54) is 0 Å². The zero-order valence-electron chi connectivity index (χ0n) is 31.6. The summed E-state index contributed by atoms with van der Waals surface area (Å²) in [5.74, 6) is 0.0532. The smallest absolute Gasteiger partial charge is 0.326 e. The molecule has 0 spiro atoms. The number of rotatable bonds is 11. The lowest BCUT2D eigenvalue weighted by atomic mass is 9.89. The number of benzene rings is 5. The van der Waals surface area contributed by atoms with Crippen molar-refractivity contribution in [3.05, 3.63) is 166 Å². The van der Waals surface area contributed by atoms with Crippen molar-refractivity contribution in [1.82, 2.24) is 25.1 Å². The van der Waals surface area contributed by atoms with Crippen LogP contribution in [0, 0.1) is 5.92 Å². The number of hydrogen-bond acceptors (Lipinski definition) is 6. The molecule has 10 nitrogen and oxygen atoms in total. The Labute approximate surface area is 327 Å². The normalized spacial score (nSPS) is 20.5. The number of likely N-dealkylation sites (tertiary alicyclic amines) is 1. The van der Waals surface area contributed by atoms with Gasteiger partial charge in [0, 0.05) is 50.2 Å². The lowest BCUT2D eigenvalue weighted by molar-refractivity contribution is -0.276. The number of imidazole rings is 1. The van der Waals surface area contributed by atoms with Crippen molar-refractivity contribution < 1.29 is 19.4 Å². The predicted molar refractivity (Wildman–Crippen MR) is 218 cm³/mol. The molecule has 1 aromatic heterocycles. The van der Waals surface area contributed by atoms with Crippen LogP contribution in [0.3, 0.4) is 0 Å². The topological polar surface area (TPSA) is 121 Å². The summed E-state index contributed by atoms with van der Waals surface area (Å²) in [5, 5.41) is 15.6. The molecule has 2 saturated heterocycles. The molecule has 6 aromatic rings. The molecule has 8 rings (SSSR count). The SMILES string of the molecule is C[C@@H]1[C@H](CN2CCC(n3c(=O)[nH]c4ccccc43)CC2)O[C@H](c2cccc(-c3cccc(CNC(=O)NCc4ccccc4)c3)c2)O[C@@H]1c1ccc(CO)cc1. The van der Waals surface area contributed by atoms with Crippen molar-refractivity contribution >= 4 is 17.1 Å². The van der Waals surface area contributed by atoms with Gasteiger partial charge in [-0.15, -0.1) is 0 Å². The molecule has 4 N–H and O–H groups in total. The molecule has 288 valence electrons.